The van der Waals surface area contributed by atoms with Crippen molar-refractivity contribution in [3.8, 4) is 11.5 Å². The number of ether oxygens (including phenoxy) is 3. The van der Waals surface area contributed by atoms with E-state index in [4.69, 9.17) is 14.2 Å². The molecule has 0 aromatic heterocycles. The molecule has 150 valence electrons. The third-order valence-electron chi connectivity index (χ3n) is 5.04. The Hall–Kier alpha value is -2.93. The summed E-state index contributed by atoms with van der Waals surface area (Å²) in [4.78, 5) is 19.6. The standard InChI is InChI=1S/C22H22N2O4S/c1-5-28-21(25)18-13(2)23-22-24(11-12-29-22)20(18)15-9-10-16(26-3)14-7-6-8-17(27-4)19(14)15/h6-12,20H,5H2,1-4H3. The van der Waals surface area contributed by atoms with Gasteiger partial charge in [0.2, 0.25) is 0 Å². The topological polar surface area (TPSA) is 60.4 Å². The average Bonchev–Trinajstić information content (AvgIpc) is 3.19. The van der Waals surface area contributed by atoms with Crippen LogP contribution < -0.4 is 9.47 Å². The maximum atomic E-state index is 12.9. The molecule has 0 bridgehead atoms. The van der Waals surface area contributed by atoms with Gasteiger partial charge in [0.25, 0.3) is 0 Å². The number of esters is 1. The second-order valence-corrected chi connectivity index (χ2v) is 7.44. The highest BCUT2D eigenvalue weighted by Crippen LogP contribution is 2.46. The SMILES string of the molecule is CCOC(=O)C1=C(C)N=C2SC=CN2C1c1ccc(OC)c2cccc(OC)c12. The van der Waals surface area contributed by atoms with Crippen molar-refractivity contribution in [1.29, 1.82) is 0 Å². The van der Waals surface area contributed by atoms with Crippen molar-refractivity contribution in [2.45, 2.75) is 19.9 Å². The number of allylic oxidation sites excluding steroid dienone is 1. The van der Waals surface area contributed by atoms with Gasteiger partial charge in [0.1, 0.15) is 11.5 Å². The highest BCUT2D eigenvalue weighted by atomic mass is 32.2. The number of hydrogen-bond acceptors (Lipinski definition) is 7. The van der Waals surface area contributed by atoms with E-state index in [1.807, 2.05) is 53.8 Å². The summed E-state index contributed by atoms with van der Waals surface area (Å²) in [6, 6.07) is 9.37. The molecule has 2 aliphatic rings. The number of benzene rings is 2. The molecule has 0 fully saturated rings. The lowest BCUT2D eigenvalue weighted by molar-refractivity contribution is -0.139. The third kappa shape index (κ3) is 3.15. The van der Waals surface area contributed by atoms with E-state index in [1.54, 1.807) is 21.1 Å². The first kappa shape index (κ1) is 19.4. The third-order valence-corrected chi connectivity index (χ3v) is 5.82. The first-order chi connectivity index (χ1) is 14.1. The number of hydrogen-bond donors (Lipinski definition) is 0. The number of carbonyl (C=O) groups excluding carboxylic acids is 1. The predicted octanol–water partition coefficient (Wildman–Crippen LogP) is 4.62. The number of methoxy groups -OCH3 is 2. The van der Waals surface area contributed by atoms with Gasteiger partial charge in [-0.15, -0.1) is 0 Å². The van der Waals surface area contributed by atoms with Gasteiger partial charge in [-0.05, 0) is 37.0 Å². The Labute approximate surface area is 173 Å². The fraction of sp³-hybridized carbons (Fsp3) is 0.273. The lowest BCUT2D eigenvalue weighted by Crippen LogP contribution is -2.34. The molecular formula is C22H22N2O4S. The van der Waals surface area contributed by atoms with E-state index in [0.29, 0.717) is 17.9 Å². The quantitative estimate of drug-likeness (QED) is 0.670. The molecule has 0 radical (unpaired) electrons. The molecule has 4 rings (SSSR count). The highest BCUT2D eigenvalue weighted by Gasteiger charge is 2.38. The van der Waals surface area contributed by atoms with Crippen LogP contribution in [0.1, 0.15) is 25.5 Å². The van der Waals surface area contributed by atoms with Crippen LogP contribution >= 0.6 is 11.8 Å². The molecule has 0 aliphatic carbocycles. The van der Waals surface area contributed by atoms with Crippen LogP contribution in [0.4, 0.5) is 0 Å². The van der Waals surface area contributed by atoms with Crippen molar-refractivity contribution in [3.63, 3.8) is 0 Å². The van der Waals surface area contributed by atoms with Gasteiger partial charge in [0, 0.05) is 17.0 Å². The van der Waals surface area contributed by atoms with Crippen molar-refractivity contribution < 1.29 is 19.0 Å². The zero-order chi connectivity index (χ0) is 20.5. The van der Waals surface area contributed by atoms with Crippen LogP contribution in [0, 0.1) is 0 Å². The van der Waals surface area contributed by atoms with Crippen molar-refractivity contribution >= 4 is 33.7 Å². The van der Waals surface area contributed by atoms with E-state index in [-0.39, 0.29) is 12.0 Å². The molecule has 2 aromatic rings. The van der Waals surface area contributed by atoms with Gasteiger partial charge in [-0.3, -0.25) is 0 Å². The largest absolute Gasteiger partial charge is 0.496 e. The summed E-state index contributed by atoms with van der Waals surface area (Å²) in [5.41, 5.74) is 2.12. The predicted molar refractivity (Wildman–Crippen MR) is 115 cm³/mol. The first-order valence-electron chi connectivity index (χ1n) is 9.32. The van der Waals surface area contributed by atoms with Crippen LogP contribution in [0.5, 0.6) is 11.5 Å². The highest BCUT2D eigenvalue weighted by molar-refractivity contribution is 8.16. The molecule has 6 nitrogen and oxygen atoms in total. The van der Waals surface area contributed by atoms with Gasteiger partial charge in [-0.2, -0.15) is 0 Å². The van der Waals surface area contributed by atoms with Gasteiger partial charge >= 0.3 is 5.97 Å². The zero-order valence-corrected chi connectivity index (χ0v) is 17.6. The van der Waals surface area contributed by atoms with Crippen LogP contribution in [0.2, 0.25) is 0 Å². The normalized spacial score (nSPS) is 18.0. The molecule has 2 heterocycles. The second kappa shape index (κ2) is 7.83. The summed E-state index contributed by atoms with van der Waals surface area (Å²) in [6.45, 7) is 3.96. The van der Waals surface area contributed by atoms with Crippen molar-refractivity contribution in [3.05, 3.63) is 58.8 Å². The fourth-order valence-corrected chi connectivity index (χ4v) is 4.62. The Morgan fingerprint density at radius 3 is 2.69 bits per heavy atom. The van der Waals surface area contributed by atoms with Crippen LogP contribution in [0.15, 0.2) is 58.2 Å². The molecule has 0 saturated heterocycles. The summed E-state index contributed by atoms with van der Waals surface area (Å²) in [7, 11) is 3.29. The summed E-state index contributed by atoms with van der Waals surface area (Å²) in [5.74, 6) is 1.11. The molecule has 29 heavy (non-hydrogen) atoms. The second-order valence-electron chi connectivity index (χ2n) is 6.57. The molecule has 1 unspecified atom stereocenters. The van der Waals surface area contributed by atoms with Crippen molar-refractivity contribution in [1.82, 2.24) is 4.90 Å². The number of fused-ring (bicyclic) bond motifs is 2. The Kier molecular flexibility index (Phi) is 5.24. The monoisotopic (exact) mass is 410 g/mol. The molecule has 0 spiro atoms. The minimum Gasteiger partial charge on any atom is -0.496 e. The molecule has 2 aliphatic heterocycles. The van der Waals surface area contributed by atoms with Gasteiger partial charge in [0.15, 0.2) is 5.17 Å². The summed E-state index contributed by atoms with van der Waals surface area (Å²) in [6.07, 6.45) is 1.95. The van der Waals surface area contributed by atoms with Crippen LogP contribution in [-0.4, -0.2) is 36.9 Å². The average molecular weight is 410 g/mol. The maximum absolute atomic E-state index is 12.9. The van der Waals surface area contributed by atoms with E-state index in [2.05, 4.69) is 4.99 Å². The fourth-order valence-electron chi connectivity index (χ4n) is 3.82. The molecule has 0 saturated carbocycles. The molecule has 0 amide bonds. The smallest absolute Gasteiger partial charge is 0.338 e. The Morgan fingerprint density at radius 2 is 1.97 bits per heavy atom. The summed E-state index contributed by atoms with van der Waals surface area (Å²) >= 11 is 1.53. The molecule has 2 aromatic carbocycles. The molecular weight excluding hydrogens is 388 g/mol. The van der Waals surface area contributed by atoms with Gasteiger partial charge in [0.05, 0.1) is 38.1 Å². The number of rotatable bonds is 5. The number of amidine groups is 1. The summed E-state index contributed by atoms with van der Waals surface area (Å²) < 4.78 is 16.6. The van der Waals surface area contributed by atoms with E-state index < -0.39 is 0 Å². The maximum Gasteiger partial charge on any atom is 0.338 e. The van der Waals surface area contributed by atoms with Crippen LogP contribution in [0.3, 0.4) is 0 Å². The van der Waals surface area contributed by atoms with E-state index in [1.165, 1.54) is 11.8 Å². The number of carbonyl (C=O) groups is 1. The Balaban J connectivity index is 2.01. The van der Waals surface area contributed by atoms with Gasteiger partial charge < -0.3 is 19.1 Å². The van der Waals surface area contributed by atoms with Crippen LogP contribution in [0.25, 0.3) is 10.8 Å². The van der Waals surface area contributed by atoms with Crippen molar-refractivity contribution in [2.75, 3.05) is 20.8 Å². The van der Waals surface area contributed by atoms with Crippen molar-refractivity contribution in [2.24, 2.45) is 4.99 Å². The zero-order valence-electron chi connectivity index (χ0n) is 16.8. The number of aliphatic imine (C=N–C) groups is 1. The van der Waals surface area contributed by atoms with E-state index >= 15 is 0 Å². The van der Waals surface area contributed by atoms with E-state index in [9.17, 15) is 4.79 Å². The lowest BCUT2D eigenvalue weighted by atomic mass is 9.90. The van der Waals surface area contributed by atoms with Gasteiger partial charge in [-0.25, -0.2) is 9.79 Å². The van der Waals surface area contributed by atoms with E-state index in [0.717, 1.165) is 33.0 Å². The van der Waals surface area contributed by atoms with Gasteiger partial charge in [-0.1, -0.05) is 30.0 Å². The van der Waals surface area contributed by atoms with Crippen LogP contribution in [-0.2, 0) is 9.53 Å². The molecule has 7 heteroatoms. The Morgan fingerprint density at radius 1 is 1.17 bits per heavy atom. The lowest BCUT2D eigenvalue weighted by Gasteiger charge is -2.34. The minimum absolute atomic E-state index is 0.302. The summed E-state index contributed by atoms with van der Waals surface area (Å²) in [5, 5.41) is 4.63. The first-order valence-corrected chi connectivity index (χ1v) is 10.2. The Bertz CT molecular complexity index is 1070. The molecule has 0 N–H and O–H groups in total. The number of nitrogens with zero attached hydrogens (tertiary/aromatic N) is 2. The number of thioether (sulfide) groups is 1. The molecule has 1 atom stereocenters. The minimum atomic E-state index is -0.377.